The maximum atomic E-state index is 13.4. The third-order valence-electron chi connectivity index (χ3n) is 5.41. The van der Waals surface area contributed by atoms with E-state index in [4.69, 9.17) is 4.42 Å². The first-order chi connectivity index (χ1) is 13.5. The summed E-state index contributed by atoms with van der Waals surface area (Å²) in [5, 5.41) is 0.801. The normalized spacial score (nSPS) is 14.8. The summed E-state index contributed by atoms with van der Waals surface area (Å²) in [6, 6.07) is 8.40. The molecule has 1 fully saturated rings. The number of fused-ring (bicyclic) bond motifs is 1. The van der Waals surface area contributed by atoms with Crippen LogP contribution in [0.2, 0.25) is 0 Å². The molecule has 5 nitrogen and oxygen atoms in total. The van der Waals surface area contributed by atoms with Gasteiger partial charge in [-0.1, -0.05) is 6.92 Å². The number of hydrogen-bond acceptors (Lipinski definition) is 3. The van der Waals surface area contributed by atoms with Gasteiger partial charge in [0.05, 0.1) is 6.54 Å². The van der Waals surface area contributed by atoms with Gasteiger partial charge in [-0.05, 0) is 56.3 Å². The molecule has 0 saturated carbocycles. The number of benzene rings is 1. The third kappa shape index (κ3) is 3.83. The SMILES string of the molecule is CCc1oc(C(=O)N(C)Cc2cc3cc(F)ccc3[nH]2)cc1CN1CCCC1. The summed E-state index contributed by atoms with van der Waals surface area (Å²) in [7, 11) is 1.75. The number of amides is 1. The Morgan fingerprint density at radius 1 is 1.25 bits per heavy atom. The molecule has 0 radical (unpaired) electrons. The van der Waals surface area contributed by atoms with Crippen LogP contribution < -0.4 is 0 Å². The highest BCUT2D eigenvalue weighted by Gasteiger charge is 2.22. The zero-order valence-electron chi connectivity index (χ0n) is 16.4. The van der Waals surface area contributed by atoms with Crippen molar-refractivity contribution in [2.24, 2.45) is 0 Å². The molecule has 0 spiro atoms. The summed E-state index contributed by atoms with van der Waals surface area (Å²) in [4.78, 5) is 20.2. The number of aryl methyl sites for hydroxylation is 1. The van der Waals surface area contributed by atoms with Gasteiger partial charge in [0, 0.05) is 42.2 Å². The van der Waals surface area contributed by atoms with Crippen molar-refractivity contribution >= 4 is 16.8 Å². The van der Waals surface area contributed by atoms with Gasteiger partial charge in [-0.25, -0.2) is 4.39 Å². The summed E-state index contributed by atoms with van der Waals surface area (Å²) in [5.74, 6) is 0.864. The first-order valence-corrected chi connectivity index (χ1v) is 9.90. The minimum Gasteiger partial charge on any atom is -0.456 e. The highest BCUT2D eigenvalue weighted by molar-refractivity contribution is 5.91. The van der Waals surface area contributed by atoms with Gasteiger partial charge in [0.1, 0.15) is 11.6 Å². The Bertz CT molecular complexity index is 985. The Morgan fingerprint density at radius 2 is 2.04 bits per heavy atom. The number of nitrogens with one attached hydrogen (secondary N) is 1. The van der Waals surface area contributed by atoms with E-state index < -0.39 is 0 Å². The summed E-state index contributed by atoms with van der Waals surface area (Å²) in [5.41, 5.74) is 2.83. The van der Waals surface area contributed by atoms with Crippen LogP contribution in [0.1, 0.15) is 47.3 Å². The van der Waals surface area contributed by atoms with Gasteiger partial charge in [-0.3, -0.25) is 9.69 Å². The van der Waals surface area contributed by atoms with E-state index in [1.165, 1.54) is 25.0 Å². The monoisotopic (exact) mass is 383 g/mol. The van der Waals surface area contributed by atoms with Crippen molar-refractivity contribution in [2.75, 3.05) is 20.1 Å². The van der Waals surface area contributed by atoms with Crippen LogP contribution in [0.25, 0.3) is 10.9 Å². The van der Waals surface area contributed by atoms with E-state index >= 15 is 0 Å². The zero-order valence-corrected chi connectivity index (χ0v) is 16.4. The van der Waals surface area contributed by atoms with Gasteiger partial charge >= 0.3 is 0 Å². The van der Waals surface area contributed by atoms with Crippen LogP contribution in [0, 0.1) is 5.82 Å². The van der Waals surface area contributed by atoms with Crippen molar-refractivity contribution in [2.45, 2.75) is 39.3 Å². The van der Waals surface area contributed by atoms with Gasteiger partial charge in [0.25, 0.3) is 5.91 Å². The Morgan fingerprint density at radius 3 is 2.79 bits per heavy atom. The van der Waals surface area contributed by atoms with Crippen molar-refractivity contribution in [3.63, 3.8) is 0 Å². The Labute approximate surface area is 164 Å². The number of furan rings is 1. The number of likely N-dealkylation sites (tertiary alicyclic amines) is 1. The van der Waals surface area contributed by atoms with E-state index in [0.29, 0.717) is 12.3 Å². The van der Waals surface area contributed by atoms with Crippen LogP contribution in [0.15, 0.2) is 34.7 Å². The van der Waals surface area contributed by atoms with Crippen LogP contribution in [-0.4, -0.2) is 40.8 Å². The van der Waals surface area contributed by atoms with E-state index in [0.717, 1.165) is 54.0 Å². The fourth-order valence-electron chi connectivity index (χ4n) is 3.95. The molecule has 3 heterocycles. The van der Waals surface area contributed by atoms with Crippen molar-refractivity contribution in [3.05, 3.63) is 58.9 Å². The standard InChI is InChI=1S/C22H26FN3O2/c1-3-20-16(13-26-8-4-5-9-26)12-21(28-20)22(27)25(2)14-18-11-15-10-17(23)6-7-19(15)24-18/h6-7,10-12,24H,3-5,8-9,13-14H2,1-2H3. The van der Waals surface area contributed by atoms with Gasteiger partial charge in [-0.2, -0.15) is 0 Å². The zero-order chi connectivity index (χ0) is 19.7. The summed E-state index contributed by atoms with van der Waals surface area (Å²) >= 11 is 0. The fourth-order valence-corrected chi connectivity index (χ4v) is 3.95. The molecule has 1 aliphatic heterocycles. The highest BCUT2D eigenvalue weighted by atomic mass is 19.1. The predicted molar refractivity (Wildman–Crippen MR) is 107 cm³/mol. The molecule has 148 valence electrons. The first kappa shape index (κ1) is 18.7. The van der Waals surface area contributed by atoms with Gasteiger partial charge in [-0.15, -0.1) is 0 Å². The molecule has 1 aromatic carbocycles. The summed E-state index contributed by atoms with van der Waals surface area (Å²) in [6.07, 6.45) is 3.25. The van der Waals surface area contributed by atoms with Crippen LogP contribution in [0.5, 0.6) is 0 Å². The van der Waals surface area contributed by atoms with E-state index in [-0.39, 0.29) is 11.7 Å². The van der Waals surface area contributed by atoms with Gasteiger partial charge < -0.3 is 14.3 Å². The van der Waals surface area contributed by atoms with Gasteiger partial charge in [0.15, 0.2) is 5.76 Å². The molecule has 4 rings (SSSR count). The Balaban J connectivity index is 1.48. The number of carbonyl (C=O) groups is 1. The second-order valence-corrected chi connectivity index (χ2v) is 7.58. The van der Waals surface area contributed by atoms with Gasteiger partial charge in [0.2, 0.25) is 0 Å². The van der Waals surface area contributed by atoms with E-state index in [1.54, 1.807) is 18.0 Å². The molecule has 0 bridgehead atoms. The molecular weight excluding hydrogens is 357 g/mol. The van der Waals surface area contributed by atoms with E-state index in [1.807, 2.05) is 19.1 Å². The molecule has 1 N–H and O–H groups in total. The lowest BCUT2D eigenvalue weighted by molar-refractivity contribution is 0.0750. The average Bonchev–Trinajstić information content (AvgIpc) is 3.40. The van der Waals surface area contributed by atoms with Crippen molar-refractivity contribution < 1.29 is 13.6 Å². The minimum atomic E-state index is -0.268. The van der Waals surface area contributed by atoms with Crippen molar-refractivity contribution in [1.29, 1.82) is 0 Å². The molecule has 0 aliphatic carbocycles. The number of aromatic nitrogens is 1. The maximum Gasteiger partial charge on any atom is 0.289 e. The van der Waals surface area contributed by atoms with Crippen LogP contribution in [-0.2, 0) is 19.5 Å². The number of hydrogen-bond donors (Lipinski definition) is 1. The van der Waals surface area contributed by atoms with Crippen LogP contribution in [0.3, 0.4) is 0 Å². The predicted octanol–water partition coefficient (Wildman–Crippen LogP) is 4.33. The largest absolute Gasteiger partial charge is 0.456 e. The maximum absolute atomic E-state index is 13.4. The molecule has 28 heavy (non-hydrogen) atoms. The Kier molecular flexibility index (Phi) is 5.22. The van der Waals surface area contributed by atoms with E-state index in [2.05, 4.69) is 9.88 Å². The quantitative estimate of drug-likeness (QED) is 0.689. The van der Waals surface area contributed by atoms with E-state index in [9.17, 15) is 9.18 Å². The molecule has 2 aromatic heterocycles. The Hall–Kier alpha value is -2.60. The minimum absolute atomic E-state index is 0.146. The lowest BCUT2D eigenvalue weighted by atomic mass is 10.2. The molecule has 1 amide bonds. The number of halogens is 1. The lowest BCUT2D eigenvalue weighted by Crippen LogP contribution is -2.26. The van der Waals surface area contributed by atoms with Crippen LogP contribution >= 0.6 is 0 Å². The summed E-state index contributed by atoms with van der Waals surface area (Å²) < 4.78 is 19.3. The molecular formula is C22H26FN3O2. The molecule has 1 saturated heterocycles. The highest BCUT2D eigenvalue weighted by Crippen LogP contribution is 2.23. The van der Waals surface area contributed by atoms with Crippen LogP contribution in [0.4, 0.5) is 4.39 Å². The number of rotatable bonds is 6. The first-order valence-electron chi connectivity index (χ1n) is 9.90. The number of carbonyl (C=O) groups excluding carboxylic acids is 1. The topological polar surface area (TPSA) is 52.5 Å². The number of nitrogens with zero attached hydrogens (tertiary/aromatic N) is 2. The lowest BCUT2D eigenvalue weighted by Gasteiger charge is -2.14. The second kappa shape index (κ2) is 7.80. The molecule has 0 atom stereocenters. The number of H-pyrrole nitrogens is 1. The smallest absolute Gasteiger partial charge is 0.289 e. The fraction of sp³-hybridized carbons (Fsp3) is 0.409. The molecule has 0 unspecified atom stereocenters. The molecule has 1 aliphatic rings. The molecule has 3 aromatic rings. The third-order valence-corrected chi connectivity index (χ3v) is 5.41. The second-order valence-electron chi connectivity index (χ2n) is 7.58. The van der Waals surface area contributed by atoms with Crippen molar-refractivity contribution in [3.8, 4) is 0 Å². The average molecular weight is 383 g/mol. The van der Waals surface area contributed by atoms with Crippen molar-refractivity contribution in [1.82, 2.24) is 14.8 Å². The summed E-state index contributed by atoms with van der Waals surface area (Å²) in [6.45, 7) is 5.51. The molecule has 6 heteroatoms. The number of aromatic amines is 1.